The maximum atomic E-state index is 11.6. The molecule has 0 fully saturated rings. The van der Waals surface area contributed by atoms with E-state index in [2.05, 4.69) is 6.07 Å². The summed E-state index contributed by atoms with van der Waals surface area (Å²) in [6, 6.07) is 5.78. The van der Waals surface area contributed by atoms with E-state index in [1.54, 1.807) is 0 Å². The molecule has 0 aliphatic heterocycles. The predicted molar refractivity (Wildman–Crippen MR) is 61.3 cm³/mol. The van der Waals surface area contributed by atoms with Crippen molar-refractivity contribution >= 4 is 5.97 Å². The SMILES string of the molecule is CCc1cc(C#N)c(CC)c(C(=O)OC)c1. The zero-order valence-corrected chi connectivity index (χ0v) is 9.83. The second kappa shape index (κ2) is 5.32. The van der Waals surface area contributed by atoms with Crippen molar-refractivity contribution in [2.75, 3.05) is 7.11 Å². The molecule has 0 aliphatic rings. The van der Waals surface area contributed by atoms with Gasteiger partial charge < -0.3 is 4.74 Å². The molecule has 3 heteroatoms. The molecule has 1 rings (SSSR count). The van der Waals surface area contributed by atoms with Gasteiger partial charge in [-0.25, -0.2) is 4.79 Å². The molecule has 16 heavy (non-hydrogen) atoms. The monoisotopic (exact) mass is 217 g/mol. The normalized spacial score (nSPS) is 9.62. The van der Waals surface area contributed by atoms with Gasteiger partial charge in [0.25, 0.3) is 0 Å². The van der Waals surface area contributed by atoms with Crippen molar-refractivity contribution in [1.29, 1.82) is 5.26 Å². The summed E-state index contributed by atoms with van der Waals surface area (Å²) < 4.78 is 4.73. The van der Waals surface area contributed by atoms with Crippen LogP contribution in [0.2, 0.25) is 0 Å². The van der Waals surface area contributed by atoms with Crippen LogP contribution >= 0.6 is 0 Å². The Morgan fingerprint density at radius 3 is 2.50 bits per heavy atom. The van der Waals surface area contributed by atoms with E-state index >= 15 is 0 Å². The third-order valence-electron chi connectivity index (χ3n) is 2.60. The highest BCUT2D eigenvalue weighted by atomic mass is 16.5. The standard InChI is InChI=1S/C13H15NO2/c1-4-9-6-10(8-14)11(5-2)12(7-9)13(15)16-3/h6-7H,4-5H2,1-3H3. The van der Waals surface area contributed by atoms with Gasteiger partial charge in [-0.2, -0.15) is 5.26 Å². The van der Waals surface area contributed by atoms with Gasteiger partial charge in [-0.3, -0.25) is 0 Å². The van der Waals surface area contributed by atoms with Crippen molar-refractivity contribution in [2.24, 2.45) is 0 Å². The summed E-state index contributed by atoms with van der Waals surface area (Å²) in [5.41, 5.74) is 2.84. The number of carbonyl (C=O) groups is 1. The van der Waals surface area contributed by atoms with E-state index in [1.807, 2.05) is 26.0 Å². The van der Waals surface area contributed by atoms with Crippen LogP contribution in [-0.2, 0) is 17.6 Å². The lowest BCUT2D eigenvalue weighted by atomic mass is 9.95. The number of esters is 1. The molecule has 0 unspecified atom stereocenters. The van der Waals surface area contributed by atoms with Crippen LogP contribution in [0.1, 0.15) is 40.9 Å². The van der Waals surface area contributed by atoms with Crippen molar-refractivity contribution in [3.05, 3.63) is 34.4 Å². The minimum Gasteiger partial charge on any atom is -0.465 e. The van der Waals surface area contributed by atoms with Gasteiger partial charge in [0.2, 0.25) is 0 Å². The smallest absolute Gasteiger partial charge is 0.338 e. The molecule has 1 aromatic carbocycles. The molecule has 0 aromatic heterocycles. The van der Waals surface area contributed by atoms with Crippen LogP contribution in [0.5, 0.6) is 0 Å². The Hall–Kier alpha value is -1.82. The first kappa shape index (κ1) is 12.3. The molecule has 0 heterocycles. The topological polar surface area (TPSA) is 50.1 Å². The first-order chi connectivity index (χ1) is 7.67. The van der Waals surface area contributed by atoms with Crippen molar-refractivity contribution < 1.29 is 9.53 Å². The molecule has 3 nitrogen and oxygen atoms in total. The van der Waals surface area contributed by atoms with E-state index in [0.717, 1.165) is 17.5 Å². The summed E-state index contributed by atoms with van der Waals surface area (Å²) in [5.74, 6) is -0.372. The van der Waals surface area contributed by atoms with E-state index in [9.17, 15) is 4.79 Å². The van der Waals surface area contributed by atoms with Crippen molar-refractivity contribution in [3.63, 3.8) is 0 Å². The van der Waals surface area contributed by atoms with Gasteiger partial charge in [0.15, 0.2) is 0 Å². The Labute approximate surface area is 95.7 Å². The van der Waals surface area contributed by atoms with Gasteiger partial charge in [0.1, 0.15) is 0 Å². The fourth-order valence-corrected chi connectivity index (χ4v) is 1.71. The first-order valence-electron chi connectivity index (χ1n) is 5.32. The molecule has 0 bridgehead atoms. The molecular formula is C13H15NO2. The van der Waals surface area contributed by atoms with Gasteiger partial charge in [-0.15, -0.1) is 0 Å². The molecule has 1 aromatic rings. The highest BCUT2D eigenvalue weighted by Gasteiger charge is 2.15. The maximum absolute atomic E-state index is 11.6. The Kier molecular flexibility index (Phi) is 4.07. The Balaban J connectivity index is 3.44. The van der Waals surface area contributed by atoms with Crippen molar-refractivity contribution in [1.82, 2.24) is 0 Å². The third kappa shape index (κ3) is 2.22. The summed E-state index contributed by atoms with van der Waals surface area (Å²) in [6.45, 7) is 3.91. The number of aryl methyl sites for hydroxylation is 1. The average Bonchev–Trinajstić information content (AvgIpc) is 2.35. The second-order valence-corrected chi connectivity index (χ2v) is 3.48. The number of nitrogens with zero attached hydrogens (tertiary/aromatic N) is 1. The van der Waals surface area contributed by atoms with Crippen LogP contribution in [0.4, 0.5) is 0 Å². The molecule has 0 saturated carbocycles. The molecular weight excluding hydrogens is 202 g/mol. The molecule has 0 N–H and O–H groups in total. The van der Waals surface area contributed by atoms with E-state index in [-0.39, 0.29) is 5.97 Å². The number of ether oxygens (including phenoxy) is 1. The van der Waals surface area contributed by atoms with Gasteiger partial charge in [-0.05, 0) is 36.1 Å². The number of methoxy groups -OCH3 is 1. The number of nitriles is 1. The van der Waals surface area contributed by atoms with Crippen molar-refractivity contribution in [3.8, 4) is 6.07 Å². The lowest BCUT2D eigenvalue weighted by molar-refractivity contribution is 0.0599. The van der Waals surface area contributed by atoms with Crippen LogP contribution in [0.3, 0.4) is 0 Å². The van der Waals surface area contributed by atoms with Gasteiger partial charge in [0.05, 0.1) is 24.3 Å². The number of hydrogen-bond donors (Lipinski definition) is 0. The molecule has 0 radical (unpaired) electrons. The Bertz CT molecular complexity index is 444. The van der Waals surface area contributed by atoms with E-state index in [0.29, 0.717) is 17.5 Å². The largest absolute Gasteiger partial charge is 0.465 e. The van der Waals surface area contributed by atoms with Crippen LogP contribution in [0.15, 0.2) is 12.1 Å². The fraction of sp³-hybridized carbons (Fsp3) is 0.385. The lowest BCUT2D eigenvalue weighted by Crippen LogP contribution is -2.08. The minimum atomic E-state index is -0.372. The van der Waals surface area contributed by atoms with Gasteiger partial charge >= 0.3 is 5.97 Å². The van der Waals surface area contributed by atoms with Gasteiger partial charge in [-0.1, -0.05) is 13.8 Å². The van der Waals surface area contributed by atoms with E-state index in [1.165, 1.54) is 7.11 Å². The number of carbonyl (C=O) groups excluding carboxylic acids is 1. The maximum Gasteiger partial charge on any atom is 0.338 e. The Morgan fingerprint density at radius 2 is 2.06 bits per heavy atom. The first-order valence-corrected chi connectivity index (χ1v) is 5.32. The summed E-state index contributed by atoms with van der Waals surface area (Å²) in [7, 11) is 1.35. The zero-order valence-electron chi connectivity index (χ0n) is 9.83. The highest BCUT2D eigenvalue weighted by Crippen LogP contribution is 2.19. The van der Waals surface area contributed by atoms with Crippen LogP contribution in [0.25, 0.3) is 0 Å². The fourth-order valence-electron chi connectivity index (χ4n) is 1.71. The van der Waals surface area contributed by atoms with E-state index in [4.69, 9.17) is 10.00 Å². The quantitative estimate of drug-likeness (QED) is 0.731. The number of hydrogen-bond acceptors (Lipinski definition) is 3. The average molecular weight is 217 g/mol. The van der Waals surface area contributed by atoms with Gasteiger partial charge in [0, 0.05) is 0 Å². The summed E-state index contributed by atoms with van der Waals surface area (Å²) >= 11 is 0. The van der Waals surface area contributed by atoms with E-state index < -0.39 is 0 Å². The summed E-state index contributed by atoms with van der Waals surface area (Å²) in [6.07, 6.45) is 1.44. The second-order valence-electron chi connectivity index (χ2n) is 3.48. The molecule has 0 aliphatic carbocycles. The zero-order chi connectivity index (χ0) is 12.1. The predicted octanol–water partition coefficient (Wildman–Crippen LogP) is 2.47. The molecule has 0 atom stereocenters. The Morgan fingerprint density at radius 1 is 1.38 bits per heavy atom. The van der Waals surface area contributed by atoms with Crippen LogP contribution in [0, 0.1) is 11.3 Å². The highest BCUT2D eigenvalue weighted by molar-refractivity contribution is 5.92. The summed E-state index contributed by atoms with van der Waals surface area (Å²) in [4.78, 5) is 11.6. The molecule has 84 valence electrons. The molecule has 0 spiro atoms. The minimum absolute atomic E-state index is 0.372. The molecule has 0 amide bonds. The lowest BCUT2D eigenvalue weighted by Gasteiger charge is -2.10. The third-order valence-corrected chi connectivity index (χ3v) is 2.60. The molecule has 0 saturated heterocycles. The number of benzene rings is 1. The summed E-state index contributed by atoms with van der Waals surface area (Å²) in [5, 5.41) is 9.05. The van der Waals surface area contributed by atoms with Crippen LogP contribution < -0.4 is 0 Å². The number of rotatable bonds is 3. The van der Waals surface area contributed by atoms with Crippen LogP contribution in [-0.4, -0.2) is 13.1 Å². The van der Waals surface area contributed by atoms with Crippen molar-refractivity contribution in [2.45, 2.75) is 26.7 Å².